The number of carbonyl (C=O) groups excluding carboxylic acids is 4. The van der Waals surface area contributed by atoms with Crippen LogP contribution in [0.25, 0.3) is 0 Å². The SMILES string of the molecule is CCOC(=O)C(CNC(=O)c1ccccc1)(NC(C)=O)C(=O)OCC. The lowest BCUT2D eigenvalue weighted by atomic mass is 9.99. The van der Waals surface area contributed by atoms with Crippen molar-refractivity contribution in [2.24, 2.45) is 0 Å². The van der Waals surface area contributed by atoms with Crippen molar-refractivity contribution in [3.8, 4) is 0 Å². The second kappa shape index (κ2) is 9.41. The van der Waals surface area contributed by atoms with Crippen LogP contribution in [-0.4, -0.2) is 49.1 Å². The first-order chi connectivity index (χ1) is 11.9. The van der Waals surface area contributed by atoms with Gasteiger partial charge in [0.15, 0.2) is 0 Å². The van der Waals surface area contributed by atoms with Gasteiger partial charge < -0.3 is 20.1 Å². The van der Waals surface area contributed by atoms with Crippen molar-refractivity contribution in [1.29, 1.82) is 0 Å². The quantitative estimate of drug-likeness (QED) is 0.519. The maximum absolute atomic E-state index is 12.4. The van der Waals surface area contributed by atoms with Crippen LogP contribution in [0.4, 0.5) is 0 Å². The Kier molecular flexibility index (Phi) is 7.58. The molecule has 0 aliphatic carbocycles. The van der Waals surface area contributed by atoms with Crippen LogP contribution >= 0.6 is 0 Å². The summed E-state index contributed by atoms with van der Waals surface area (Å²) in [6, 6.07) is 8.24. The van der Waals surface area contributed by atoms with Gasteiger partial charge in [-0.05, 0) is 26.0 Å². The Bertz CT molecular complexity index is 611. The number of amides is 2. The lowest BCUT2D eigenvalue weighted by molar-refractivity contribution is -0.167. The molecule has 0 heterocycles. The van der Waals surface area contributed by atoms with Gasteiger partial charge in [-0.2, -0.15) is 0 Å². The van der Waals surface area contributed by atoms with Crippen molar-refractivity contribution in [2.75, 3.05) is 19.8 Å². The zero-order chi connectivity index (χ0) is 18.9. The van der Waals surface area contributed by atoms with Crippen molar-refractivity contribution >= 4 is 23.8 Å². The Hall–Kier alpha value is -2.90. The lowest BCUT2D eigenvalue weighted by Gasteiger charge is -2.29. The minimum atomic E-state index is -2.15. The van der Waals surface area contributed by atoms with Gasteiger partial charge in [-0.25, -0.2) is 9.59 Å². The molecule has 0 saturated heterocycles. The van der Waals surface area contributed by atoms with E-state index in [1.165, 1.54) is 0 Å². The highest BCUT2D eigenvalue weighted by Gasteiger charge is 2.50. The molecular weight excluding hydrogens is 328 g/mol. The molecule has 0 radical (unpaired) electrons. The second-order valence-electron chi connectivity index (χ2n) is 5.08. The molecule has 1 aromatic rings. The molecule has 0 saturated carbocycles. The van der Waals surface area contributed by atoms with Crippen LogP contribution in [0.5, 0.6) is 0 Å². The lowest BCUT2D eigenvalue weighted by Crippen LogP contribution is -2.66. The van der Waals surface area contributed by atoms with Crippen LogP contribution in [0.2, 0.25) is 0 Å². The summed E-state index contributed by atoms with van der Waals surface area (Å²) in [7, 11) is 0. The van der Waals surface area contributed by atoms with E-state index in [-0.39, 0.29) is 13.2 Å². The third-order valence-electron chi connectivity index (χ3n) is 3.19. The van der Waals surface area contributed by atoms with Gasteiger partial charge in [0.1, 0.15) is 0 Å². The molecule has 0 fully saturated rings. The third kappa shape index (κ3) is 5.30. The van der Waals surface area contributed by atoms with Crippen molar-refractivity contribution in [3.63, 3.8) is 0 Å². The van der Waals surface area contributed by atoms with E-state index in [0.29, 0.717) is 5.56 Å². The molecule has 0 aliphatic rings. The van der Waals surface area contributed by atoms with Gasteiger partial charge in [0, 0.05) is 12.5 Å². The maximum atomic E-state index is 12.4. The smallest absolute Gasteiger partial charge is 0.345 e. The Morgan fingerprint density at radius 1 is 0.960 bits per heavy atom. The Labute approximate surface area is 145 Å². The van der Waals surface area contributed by atoms with Crippen LogP contribution in [0.15, 0.2) is 30.3 Å². The Balaban J connectivity index is 3.10. The predicted molar refractivity (Wildman–Crippen MR) is 88.6 cm³/mol. The van der Waals surface area contributed by atoms with Crippen molar-refractivity contribution in [2.45, 2.75) is 26.3 Å². The molecule has 0 aromatic heterocycles. The van der Waals surface area contributed by atoms with Gasteiger partial charge in [-0.15, -0.1) is 0 Å². The van der Waals surface area contributed by atoms with Crippen LogP contribution in [-0.2, 0) is 23.9 Å². The van der Waals surface area contributed by atoms with E-state index < -0.39 is 35.8 Å². The third-order valence-corrected chi connectivity index (χ3v) is 3.19. The van der Waals surface area contributed by atoms with Crippen molar-refractivity contribution < 1.29 is 28.7 Å². The van der Waals surface area contributed by atoms with E-state index in [1.807, 2.05) is 0 Å². The number of benzene rings is 1. The summed E-state index contributed by atoms with van der Waals surface area (Å²) < 4.78 is 9.82. The number of ether oxygens (including phenoxy) is 2. The molecule has 0 aliphatic heterocycles. The van der Waals surface area contributed by atoms with Gasteiger partial charge in [0.2, 0.25) is 5.91 Å². The highest BCUT2D eigenvalue weighted by atomic mass is 16.6. The first kappa shape index (κ1) is 20.1. The molecule has 8 heteroatoms. The fraction of sp³-hybridized carbons (Fsp3) is 0.412. The van der Waals surface area contributed by atoms with Crippen LogP contribution < -0.4 is 10.6 Å². The fourth-order valence-corrected chi connectivity index (χ4v) is 2.09. The molecule has 2 amide bonds. The topological polar surface area (TPSA) is 111 Å². The van der Waals surface area contributed by atoms with Crippen LogP contribution in [0.1, 0.15) is 31.1 Å². The normalized spacial score (nSPS) is 10.5. The zero-order valence-electron chi connectivity index (χ0n) is 14.5. The minimum absolute atomic E-state index is 0.00773. The highest BCUT2D eigenvalue weighted by Crippen LogP contribution is 2.12. The summed E-state index contributed by atoms with van der Waals surface area (Å²) in [5.41, 5.74) is -1.81. The van der Waals surface area contributed by atoms with Gasteiger partial charge in [0.25, 0.3) is 11.4 Å². The second-order valence-corrected chi connectivity index (χ2v) is 5.08. The Morgan fingerprint density at radius 2 is 1.48 bits per heavy atom. The van der Waals surface area contributed by atoms with E-state index in [4.69, 9.17) is 9.47 Å². The standard InChI is InChI=1S/C17H22N2O6/c1-4-24-15(22)17(19-12(3)20,16(23)25-5-2)11-18-14(21)13-9-7-6-8-10-13/h6-10H,4-5,11H2,1-3H3,(H,18,21)(H,19,20). The number of esters is 2. The first-order valence-corrected chi connectivity index (χ1v) is 7.83. The average molecular weight is 350 g/mol. The summed E-state index contributed by atoms with van der Waals surface area (Å²) in [5.74, 6) is -3.16. The maximum Gasteiger partial charge on any atom is 0.345 e. The minimum Gasteiger partial charge on any atom is -0.464 e. The molecule has 136 valence electrons. The molecule has 0 spiro atoms. The summed E-state index contributed by atoms with van der Waals surface area (Å²) in [4.78, 5) is 48.5. The van der Waals surface area contributed by atoms with Crippen LogP contribution in [0, 0.1) is 0 Å². The van der Waals surface area contributed by atoms with Gasteiger partial charge in [-0.1, -0.05) is 18.2 Å². The van der Waals surface area contributed by atoms with E-state index in [1.54, 1.807) is 44.2 Å². The molecule has 2 N–H and O–H groups in total. The number of carbonyl (C=O) groups is 4. The summed E-state index contributed by atoms with van der Waals surface area (Å²) in [5, 5.41) is 4.74. The summed E-state index contributed by atoms with van der Waals surface area (Å²) >= 11 is 0. The van der Waals surface area contributed by atoms with Gasteiger partial charge in [-0.3, -0.25) is 9.59 Å². The molecule has 0 unspecified atom stereocenters. The van der Waals surface area contributed by atoms with E-state index >= 15 is 0 Å². The van der Waals surface area contributed by atoms with E-state index in [9.17, 15) is 19.2 Å². The molecular formula is C17H22N2O6. The molecule has 1 aromatic carbocycles. The van der Waals surface area contributed by atoms with Crippen molar-refractivity contribution in [3.05, 3.63) is 35.9 Å². The number of hydrogen-bond donors (Lipinski definition) is 2. The first-order valence-electron chi connectivity index (χ1n) is 7.83. The largest absolute Gasteiger partial charge is 0.464 e. The van der Waals surface area contributed by atoms with Crippen LogP contribution in [0.3, 0.4) is 0 Å². The average Bonchev–Trinajstić information content (AvgIpc) is 2.59. The Morgan fingerprint density at radius 3 is 1.92 bits per heavy atom. The zero-order valence-corrected chi connectivity index (χ0v) is 14.5. The summed E-state index contributed by atoms with van der Waals surface area (Å²) in [6.07, 6.45) is 0. The molecule has 0 bridgehead atoms. The van der Waals surface area contributed by atoms with Crippen molar-refractivity contribution in [1.82, 2.24) is 10.6 Å². The number of hydrogen-bond acceptors (Lipinski definition) is 6. The highest BCUT2D eigenvalue weighted by molar-refractivity contribution is 6.08. The molecule has 1 rings (SSSR count). The fourth-order valence-electron chi connectivity index (χ4n) is 2.09. The van der Waals surface area contributed by atoms with Gasteiger partial charge >= 0.3 is 11.9 Å². The molecule has 8 nitrogen and oxygen atoms in total. The molecule has 0 atom stereocenters. The number of nitrogens with one attached hydrogen (secondary N) is 2. The van der Waals surface area contributed by atoms with E-state index in [2.05, 4.69) is 10.6 Å². The monoisotopic (exact) mass is 350 g/mol. The number of rotatable bonds is 8. The predicted octanol–water partition coefficient (Wildman–Crippen LogP) is 0.418. The molecule has 25 heavy (non-hydrogen) atoms. The van der Waals surface area contributed by atoms with E-state index in [0.717, 1.165) is 6.92 Å². The van der Waals surface area contributed by atoms with Gasteiger partial charge in [0.05, 0.1) is 19.8 Å². The summed E-state index contributed by atoms with van der Waals surface area (Å²) in [6.45, 7) is 3.75.